The van der Waals surface area contributed by atoms with Gasteiger partial charge in [0.15, 0.2) is 0 Å². The minimum absolute atomic E-state index is 0.00829. The number of β-amino-alcohol motifs (C(OH)–C–C–N with tert-alkyl or cyclic N) is 1. The van der Waals surface area contributed by atoms with Crippen LogP contribution in [0, 0.1) is 19.3 Å². The molecule has 0 bridgehead atoms. The van der Waals surface area contributed by atoms with Crippen LogP contribution in [-0.2, 0) is 4.74 Å². The second kappa shape index (κ2) is 9.56. The normalized spacial score (nSPS) is 13.8. The lowest BCUT2D eigenvalue weighted by Gasteiger charge is -2.34. The number of aryl methyl sites for hydroxylation is 2. The van der Waals surface area contributed by atoms with Crippen molar-refractivity contribution in [3.05, 3.63) is 29.3 Å². The van der Waals surface area contributed by atoms with Crippen LogP contribution in [0.5, 0.6) is 5.75 Å². The molecular weight excluding hydrogens is 314 g/mol. The highest BCUT2D eigenvalue weighted by Crippen LogP contribution is 2.26. The van der Waals surface area contributed by atoms with Gasteiger partial charge in [0.2, 0.25) is 0 Å². The molecule has 0 saturated heterocycles. The molecule has 1 aromatic carbocycles. The summed E-state index contributed by atoms with van der Waals surface area (Å²) in [5, 5.41) is 13.5. The fourth-order valence-corrected chi connectivity index (χ4v) is 3.08. The highest BCUT2D eigenvalue weighted by Gasteiger charge is 2.25. The molecule has 1 unspecified atom stereocenters. The van der Waals surface area contributed by atoms with Crippen LogP contribution in [0.25, 0.3) is 0 Å². The summed E-state index contributed by atoms with van der Waals surface area (Å²) < 4.78 is 11.2. The van der Waals surface area contributed by atoms with E-state index in [2.05, 4.69) is 59.8 Å². The van der Waals surface area contributed by atoms with Crippen molar-refractivity contribution in [1.82, 2.24) is 5.32 Å². The number of ether oxygens (including phenoxy) is 2. The Bertz CT molecular complexity index is 520. The van der Waals surface area contributed by atoms with E-state index in [4.69, 9.17) is 9.47 Å². The third-order valence-corrected chi connectivity index (χ3v) is 4.07. The topological polar surface area (TPSA) is 50.7 Å². The van der Waals surface area contributed by atoms with Crippen LogP contribution in [0.4, 0.5) is 0 Å². The van der Waals surface area contributed by atoms with Gasteiger partial charge in [-0.2, -0.15) is 0 Å². The van der Waals surface area contributed by atoms with E-state index in [-0.39, 0.29) is 11.0 Å². The molecule has 2 N–H and O–H groups in total. The smallest absolute Gasteiger partial charge is 0.119 e. The third-order valence-electron chi connectivity index (χ3n) is 4.07. The molecule has 1 rings (SSSR count). The summed E-state index contributed by atoms with van der Waals surface area (Å²) in [4.78, 5) is 0. The summed E-state index contributed by atoms with van der Waals surface area (Å²) in [7, 11) is 0. The van der Waals surface area contributed by atoms with Crippen molar-refractivity contribution in [3.63, 3.8) is 0 Å². The van der Waals surface area contributed by atoms with Crippen molar-refractivity contribution >= 4 is 0 Å². The molecule has 0 aliphatic carbocycles. The lowest BCUT2D eigenvalue weighted by atomic mass is 9.82. The van der Waals surface area contributed by atoms with Crippen LogP contribution in [0.1, 0.15) is 52.2 Å². The standard InChI is InChI=1S/C21H37NO3/c1-16-8-9-19(12-17(16)2)25-11-10-24-14-18(23)13-22-21(6,7)15-20(3,4)5/h8-9,12,18,22-23H,10-11,13-15H2,1-7H3. The van der Waals surface area contributed by atoms with E-state index in [1.807, 2.05) is 12.1 Å². The van der Waals surface area contributed by atoms with Gasteiger partial charge in [0, 0.05) is 12.1 Å². The molecule has 0 spiro atoms. The summed E-state index contributed by atoms with van der Waals surface area (Å²) in [5.74, 6) is 0.859. The van der Waals surface area contributed by atoms with Crippen LogP contribution < -0.4 is 10.1 Å². The molecular formula is C21H37NO3. The molecule has 0 aliphatic heterocycles. The molecule has 0 aliphatic rings. The monoisotopic (exact) mass is 351 g/mol. The number of benzene rings is 1. The second-order valence-electron chi connectivity index (χ2n) is 8.83. The van der Waals surface area contributed by atoms with Crippen molar-refractivity contribution in [2.45, 2.75) is 66.5 Å². The molecule has 25 heavy (non-hydrogen) atoms. The molecule has 4 heteroatoms. The molecule has 4 nitrogen and oxygen atoms in total. The first kappa shape index (κ1) is 21.9. The molecule has 144 valence electrons. The van der Waals surface area contributed by atoms with Gasteiger partial charge in [-0.15, -0.1) is 0 Å². The maximum absolute atomic E-state index is 10.1. The Balaban J connectivity index is 2.18. The van der Waals surface area contributed by atoms with Gasteiger partial charge >= 0.3 is 0 Å². The van der Waals surface area contributed by atoms with Gasteiger partial charge in [0.25, 0.3) is 0 Å². The Kier molecular flexibility index (Phi) is 8.39. The Morgan fingerprint density at radius 2 is 1.72 bits per heavy atom. The van der Waals surface area contributed by atoms with Crippen molar-refractivity contribution in [2.24, 2.45) is 5.41 Å². The van der Waals surface area contributed by atoms with Gasteiger partial charge in [-0.1, -0.05) is 26.8 Å². The minimum atomic E-state index is -0.513. The van der Waals surface area contributed by atoms with Crippen LogP contribution in [0.2, 0.25) is 0 Å². The Morgan fingerprint density at radius 1 is 1.04 bits per heavy atom. The summed E-state index contributed by atoms with van der Waals surface area (Å²) >= 11 is 0. The summed E-state index contributed by atoms with van der Waals surface area (Å²) in [6, 6.07) is 6.06. The molecule has 1 aromatic rings. The van der Waals surface area contributed by atoms with Gasteiger partial charge in [0.1, 0.15) is 12.4 Å². The largest absolute Gasteiger partial charge is 0.491 e. The lowest BCUT2D eigenvalue weighted by Crippen LogP contribution is -2.46. The first-order chi connectivity index (χ1) is 11.5. The summed E-state index contributed by atoms with van der Waals surface area (Å²) in [6.45, 7) is 17.0. The van der Waals surface area contributed by atoms with E-state index in [0.717, 1.165) is 12.2 Å². The quantitative estimate of drug-likeness (QED) is 0.629. The average Bonchev–Trinajstić information content (AvgIpc) is 2.46. The summed E-state index contributed by atoms with van der Waals surface area (Å²) in [6.07, 6.45) is 0.526. The lowest BCUT2D eigenvalue weighted by molar-refractivity contribution is 0.0211. The zero-order chi connectivity index (χ0) is 19.1. The zero-order valence-electron chi connectivity index (χ0n) is 17.1. The first-order valence-corrected chi connectivity index (χ1v) is 9.19. The van der Waals surface area contributed by atoms with E-state index < -0.39 is 6.10 Å². The van der Waals surface area contributed by atoms with Crippen molar-refractivity contribution in [3.8, 4) is 5.75 Å². The highest BCUT2D eigenvalue weighted by molar-refractivity contribution is 5.33. The van der Waals surface area contributed by atoms with Crippen molar-refractivity contribution < 1.29 is 14.6 Å². The Morgan fingerprint density at radius 3 is 2.32 bits per heavy atom. The number of hydrogen-bond acceptors (Lipinski definition) is 4. The molecule has 0 heterocycles. The molecule has 0 fully saturated rings. The van der Waals surface area contributed by atoms with Crippen molar-refractivity contribution in [2.75, 3.05) is 26.4 Å². The highest BCUT2D eigenvalue weighted by atomic mass is 16.5. The summed E-state index contributed by atoms with van der Waals surface area (Å²) in [5.41, 5.74) is 2.72. The fourth-order valence-electron chi connectivity index (χ4n) is 3.08. The minimum Gasteiger partial charge on any atom is -0.491 e. The Labute approximate surface area is 153 Å². The van der Waals surface area contributed by atoms with E-state index in [0.29, 0.717) is 26.4 Å². The fraction of sp³-hybridized carbons (Fsp3) is 0.714. The third kappa shape index (κ3) is 9.83. The predicted octanol–water partition coefficient (Wildman–Crippen LogP) is 3.86. The second-order valence-corrected chi connectivity index (χ2v) is 8.83. The van der Waals surface area contributed by atoms with E-state index in [1.165, 1.54) is 11.1 Å². The van der Waals surface area contributed by atoms with Crippen LogP contribution in [-0.4, -0.2) is 43.1 Å². The van der Waals surface area contributed by atoms with Gasteiger partial charge in [-0.05, 0) is 62.8 Å². The first-order valence-electron chi connectivity index (χ1n) is 9.19. The SMILES string of the molecule is Cc1ccc(OCCOCC(O)CNC(C)(C)CC(C)(C)C)cc1C. The average molecular weight is 352 g/mol. The van der Waals surface area contributed by atoms with E-state index in [1.54, 1.807) is 0 Å². The maximum Gasteiger partial charge on any atom is 0.119 e. The number of aliphatic hydroxyl groups is 1. The number of rotatable bonds is 10. The van der Waals surface area contributed by atoms with Gasteiger partial charge in [-0.3, -0.25) is 0 Å². The van der Waals surface area contributed by atoms with Gasteiger partial charge in [-0.25, -0.2) is 0 Å². The van der Waals surface area contributed by atoms with Crippen LogP contribution >= 0.6 is 0 Å². The zero-order valence-corrected chi connectivity index (χ0v) is 17.1. The van der Waals surface area contributed by atoms with Gasteiger partial charge in [0.05, 0.1) is 19.3 Å². The van der Waals surface area contributed by atoms with Crippen LogP contribution in [0.15, 0.2) is 18.2 Å². The Hall–Kier alpha value is -1.10. The molecule has 0 saturated carbocycles. The molecule has 0 aromatic heterocycles. The van der Waals surface area contributed by atoms with E-state index in [9.17, 15) is 5.11 Å². The molecule has 0 amide bonds. The number of aliphatic hydroxyl groups excluding tert-OH is 1. The molecule has 1 atom stereocenters. The maximum atomic E-state index is 10.1. The van der Waals surface area contributed by atoms with Crippen molar-refractivity contribution in [1.29, 1.82) is 0 Å². The number of hydrogen-bond donors (Lipinski definition) is 2. The number of nitrogens with one attached hydrogen (secondary N) is 1. The van der Waals surface area contributed by atoms with Crippen LogP contribution in [0.3, 0.4) is 0 Å². The van der Waals surface area contributed by atoms with E-state index >= 15 is 0 Å². The molecule has 0 radical (unpaired) electrons. The van der Waals surface area contributed by atoms with Gasteiger partial charge < -0.3 is 19.9 Å². The predicted molar refractivity (Wildman–Crippen MR) is 104 cm³/mol.